The van der Waals surface area contributed by atoms with Crippen molar-refractivity contribution >= 4 is 47.7 Å². The Balaban J connectivity index is 1.61. The summed E-state index contributed by atoms with van der Waals surface area (Å²) in [4.78, 5) is 13.1. The second-order valence-electron chi connectivity index (χ2n) is 9.66. The molecule has 9 heteroatoms. The van der Waals surface area contributed by atoms with Gasteiger partial charge in [0.1, 0.15) is 18.1 Å². The van der Waals surface area contributed by atoms with Gasteiger partial charge in [0, 0.05) is 37.5 Å². The molecule has 1 saturated heterocycles. The third-order valence-electron chi connectivity index (χ3n) is 5.81. The minimum Gasteiger partial charge on any atom is -0.376 e. The molecule has 0 spiro atoms. The lowest BCUT2D eigenvalue weighted by Crippen LogP contribution is -2.53. The minimum absolute atomic E-state index is 0.143. The molecule has 0 atom stereocenters. The van der Waals surface area contributed by atoms with Gasteiger partial charge in [-0.05, 0) is 41.8 Å². The molecule has 1 aromatic heterocycles. The van der Waals surface area contributed by atoms with Crippen molar-refractivity contribution in [2.75, 3.05) is 25.1 Å². The van der Waals surface area contributed by atoms with Crippen molar-refractivity contribution in [3.8, 4) is 0 Å². The Morgan fingerprint density at radius 3 is 2.61 bits per heavy atom. The number of benzene rings is 2. The number of hydrogen-bond donors (Lipinski definition) is 1. The number of anilines is 1. The maximum Gasteiger partial charge on any atom is 0.260 e. The third kappa shape index (κ3) is 5.12. The number of aromatic nitrogens is 1. The van der Waals surface area contributed by atoms with Gasteiger partial charge in [-0.25, -0.2) is 4.39 Å². The summed E-state index contributed by atoms with van der Waals surface area (Å²) < 4.78 is 27.5. The second kappa shape index (κ2) is 9.39. The lowest BCUT2D eigenvalue weighted by Gasteiger charge is -2.44. The summed E-state index contributed by atoms with van der Waals surface area (Å²) in [6.45, 7) is 8.16. The Labute approximate surface area is 203 Å². The van der Waals surface area contributed by atoms with E-state index in [4.69, 9.17) is 32.7 Å². The molecule has 4 rings (SSSR count). The van der Waals surface area contributed by atoms with E-state index in [0.717, 1.165) is 11.4 Å². The van der Waals surface area contributed by atoms with E-state index in [1.165, 1.54) is 12.1 Å². The Bertz CT molecular complexity index is 1240. The molecule has 2 heterocycles. The Morgan fingerprint density at radius 2 is 1.94 bits per heavy atom. The monoisotopic (exact) mass is 508 g/mol. The molecule has 0 saturated carbocycles. The predicted octanol–water partition coefficient (Wildman–Crippen LogP) is 6.10. The highest BCUT2D eigenvalue weighted by Crippen LogP contribution is 2.41. The Kier molecular flexibility index (Phi) is 6.89. The van der Waals surface area contributed by atoms with Crippen molar-refractivity contribution in [2.24, 2.45) is 0 Å². The lowest BCUT2D eigenvalue weighted by atomic mass is 9.87. The molecule has 3 aromatic rings. The number of fused-ring (bicyclic) bond motifs is 1. The summed E-state index contributed by atoms with van der Waals surface area (Å²) in [6.07, 6.45) is 1.74. The van der Waals surface area contributed by atoms with E-state index in [-0.39, 0.29) is 41.1 Å². The van der Waals surface area contributed by atoms with Crippen LogP contribution in [0, 0.1) is 5.82 Å². The number of pyridine rings is 1. The number of nitrogens with zero attached hydrogens (tertiary/aromatic N) is 1. The van der Waals surface area contributed by atoms with Crippen LogP contribution in [0.15, 0.2) is 47.4 Å². The van der Waals surface area contributed by atoms with Gasteiger partial charge in [0.2, 0.25) is 0 Å². The van der Waals surface area contributed by atoms with Gasteiger partial charge in [-0.2, -0.15) is 0 Å². The molecule has 1 N–H and O–H groups in total. The highest BCUT2D eigenvalue weighted by Gasteiger charge is 2.44. The average molecular weight is 509 g/mol. The van der Waals surface area contributed by atoms with Gasteiger partial charge in [-0.1, -0.05) is 48.9 Å². The molecule has 0 radical (unpaired) electrons. The van der Waals surface area contributed by atoms with Crippen LogP contribution in [0.5, 0.6) is 0 Å². The van der Waals surface area contributed by atoms with Crippen molar-refractivity contribution in [1.82, 2.24) is 4.57 Å². The third-order valence-corrected chi connectivity index (χ3v) is 8.32. The van der Waals surface area contributed by atoms with Crippen LogP contribution in [0.25, 0.3) is 10.8 Å². The van der Waals surface area contributed by atoms with Crippen LogP contribution in [-0.4, -0.2) is 32.5 Å². The highest BCUT2D eigenvalue weighted by atomic mass is 35.5. The topological polar surface area (TPSA) is 52.5 Å². The maximum absolute atomic E-state index is 14.7. The minimum atomic E-state index is -1.20. The Hall–Kier alpha value is -1.90. The van der Waals surface area contributed by atoms with Crippen molar-refractivity contribution in [3.63, 3.8) is 0 Å². The molecule has 5 nitrogen and oxygen atoms in total. The van der Waals surface area contributed by atoms with E-state index < -0.39 is 19.4 Å². The number of nitrogens with one attached hydrogen (secondary N) is 1. The van der Waals surface area contributed by atoms with Crippen molar-refractivity contribution in [2.45, 2.75) is 38.0 Å². The molecule has 0 unspecified atom stereocenters. The van der Waals surface area contributed by atoms with E-state index in [1.54, 1.807) is 16.8 Å². The largest absolute Gasteiger partial charge is 0.376 e. The van der Waals surface area contributed by atoms with Crippen molar-refractivity contribution < 1.29 is 13.9 Å². The summed E-state index contributed by atoms with van der Waals surface area (Å²) in [6, 6.07) is 11.1. The SMILES string of the molecule is C[Si](C)(C)CCOCn1ccc2ccc(NC3(c4c(F)ccc(Cl)c4Cl)COC3)cc2c1=O. The molecular weight excluding hydrogens is 482 g/mol. The Morgan fingerprint density at radius 1 is 1.18 bits per heavy atom. The van der Waals surface area contributed by atoms with Crippen LogP contribution in [0.1, 0.15) is 5.56 Å². The molecule has 1 aliphatic rings. The molecule has 0 bridgehead atoms. The summed E-state index contributed by atoms with van der Waals surface area (Å²) in [5.74, 6) is -0.459. The fraction of sp³-hybridized carbons (Fsp3) is 0.375. The number of ether oxygens (including phenoxy) is 2. The first kappa shape index (κ1) is 24.2. The van der Waals surface area contributed by atoms with Gasteiger partial charge in [0.15, 0.2) is 0 Å². The fourth-order valence-electron chi connectivity index (χ4n) is 3.83. The van der Waals surface area contributed by atoms with Gasteiger partial charge in [-0.3, -0.25) is 9.36 Å². The van der Waals surface area contributed by atoms with Crippen molar-refractivity contribution in [1.29, 1.82) is 0 Å². The first-order valence-corrected chi connectivity index (χ1v) is 15.3. The molecule has 1 fully saturated rings. The molecule has 1 aliphatic heterocycles. The fourth-order valence-corrected chi connectivity index (χ4v) is 5.08. The zero-order chi connectivity index (χ0) is 23.8. The summed E-state index contributed by atoms with van der Waals surface area (Å²) in [5.41, 5.74) is -0.0805. The molecule has 33 heavy (non-hydrogen) atoms. The second-order valence-corrected chi connectivity index (χ2v) is 16.1. The van der Waals surface area contributed by atoms with Crippen LogP contribution in [0.3, 0.4) is 0 Å². The molecule has 2 aromatic carbocycles. The number of rotatable bonds is 8. The molecular formula is C24H27Cl2FN2O3Si. The van der Waals surface area contributed by atoms with Gasteiger partial charge < -0.3 is 14.8 Å². The molecule has 0 aliphatic carbocycles. The summed E-state index contributed by atoms with van der Waals surface area (Å²) >= 11 is 12.5. The summed E-state index contributed by atoms with van der Waals surface area (Å²) in [7, 11) is -1.20. The number of halogens is 3. The zero-order valence-corrected chi connectivity index (χ0v) is 21.4. The number of hydrogen-bond acceptors (Lipinski definition) is 4. The van der Waals surface area contributed by atoms with Crippen LogP contribution in [0.2, 0.25) is 35.7 Å². The van der Waals surface area contributed by atoms with Gasteiger partial charge >= 0.3 is 0 Å². The first-order chi connectivity index (χ1) is 15.6. The van der Waals surface area contributed by atoms with Gasteiger partial charge in [0.25, 0.3) is 5.56 Å². The average Bonchev–Trinajstić information content (AvgIpc) is 2.73. The standard InChI is InChI=1S/C24H27Cl2FN2O3Si/c1-33(2,3)11-10-31-15-29-9-8-16-4-5-17(12-18(16)23(29)30)28-24(13-32-14-24)21-20(27)7-6-19(25)22(21)26/h4-9,12,28H,10-11,13-15H2,1-3H3. The van der Waals surface area contributed by atoms with Gasteiger partial charge in [-0.15, -0.1) is 0 Å². The normalized spacial score (nSPS) is 15.5. The molecule has 176 valence electrons. The van der Waals surface area contributed by atoms with Crippen LogP contribution in [0.4, 0.5) is 10.1 Å². The van der Waals surface area contributed by atoms with E-state index in [9.17, 15) is 9.18 Å². The summed E-state index contributed by atoms with van der Waals surface area (Å²) in [5, 5.41) is 5.14. The van der Waals surface area contributed by atoms with E-state index >= 15 is 0 Å². The van der Waals surface area contributed by atoms with E-state index in [2.05, 4.69) is 25.0 Å². The van der Waals surface area contributed by atoms with Crippen LogP contribution in [-0.2, 0) is 21.7 Å². The zero-order valence-electron chi connectivity index (χ0n) is 18.9. The molecule has 0 amide bonds. The lowest BCUT2D eigenvalue weighted by molar-refractivity contribution is -0.0461. The van der Waals surface area contributed by atoms with Crippen LogP contribution >= 0.6 is 23.2 Å². The first-order valence-electron chi connectivity index (χ1n) is 10.8. The van der Waals surface area contributed by atoms with Gasteiger partial charge in [0.05, 0.1) is 23.3 Å². The van der Waals surface area contributed by atoms with E-state index in [1.807, 2.05) is 18.2 Å². The predicted molar refractivity (Wildman–Crippen MR) is 135 cm³/mol. The van der Waals surface area contributed by atoms with Crippen LogP contribution < -0.4 is 10.9 Å². The smallest absolute Gasteiger partial charge is 0.260 e. The quantitative estimate of drug-likeness (QED) is 0.227. The maximum atomic E-state index is 14.7. The van der Waals surface area contributed by atoms with E-state index in [0.29, 0.717) is 17.7 Å². The van der Waals surface area contributed by atoms with Crippen molar-refractivity contribution in [3.05, 3.63) is 74.4 Å². The highest BCUT2D eigenvalue weighted by molar-refractivity contribution is 6.76.